The van der Waals surface area contributed by atoms with Gasteiger partial charge < -0.3 is 19.3 Å². The van der Waals surface area contributed by atoms with Crippen LogP contribution >= 0.6 is 11.8 Å². The third-order valence-electron chi connectivity index (χ3n) is 6.63. The first-order chi connectivity index (χ1) is 13.8. The van der Waals surface area contributed by atoms with Gasteiger partial charge >= 0.3 is 0 Å². The fourth-order valence-electron chi connectivity index (χ4n) is 4.88. The van der Waals surface area contributed by atoms with Crippen molar-refractivity contribution < 1.29 is 9.47 Å². The monoisotopic (exact) mass is 404 g/mol. The van der Waals surface area contributed by atoms with E-state index >= 15 is 0 Å². The number of hydrogen-bond donors (Lipinski definition) is 0. The highest BCUT2D eigenvalue weighted by atomic mass is 32.2. The minimum Gasteiger partial charge on any atom is -0.494 e. The standard InChI is InChI=1S/C23H36N2O2S/c1-2-11-24(10-1)12-3-15-27-22-6-4-21(5-7-22)23(8-16-26-17-9-23)20-25-13-18-28-19-14-25/h4-7H,1-3,8-20H2. The van der Waals surface area contributed by atoms with Crippen LogP contribution in [0.5, 0.6) is 5.75 Å². The molecule has 3 aliphatic heterocycles. The third kappa shape index (κ3) is 5.44. The summed E-state index contributed by atoms with van der Waals surface area (Å²) >= 11 is 2.09. The van der Waals surface area contributed by atoms with Crippen molar-refractivity contribution >= 4 is 11.8 Å². The average molecular weight is 405 g/mol. The molecule has 3 saturated heterocycles. The molecule has 0 unspecified atom stereocenters. The summed E-state index contributed by atoms with van der Waals surface area (Å²) in [4.78, 5) is 5.23. The SMILES string of the molecule is c1cc(C2(CN3CCSCC3)CCOCC2)ccc1OCCCN1CCCC1. The van der Waals surface area contributed by atoms with Crippen LogP contribution in [-0.2, 0) is 10.2 Å². The number of ether oxygens (including phenoxy) is 2. The lowest BCUT2D eigenvalue weighted by Gasteiger charge is -2.42. The van der Waals surface area contributed by atoms with Crippen molar-refractivity contribution in [3.05, 3.63) is 29.8 Å². The van der Waals surface area contributed by atoms with Gasteiger partial charge in [0.05, 0.1) is 6.61 Å². The summed E-state index contributed by atoms with van der Waals surface area (Å²) in [7, 11) is 0. The molecule has 156 valence electrons. The van der Waals surface area contributed by atoms with E-state index in [-0.39, 0.29) is 5.41 Å². The van der Waals surface area contributed by atoms with Gasteiger partial charge in [0, 0.05) is 56.3 Å². The zero-order chi connectivity index (χ0) is 19.1. The lowest BCUT2D eigenvalue weighted by Crippen LogP contribution is -2.47. The molecule has 5 heteroatoms. The van der Waals surface area contributed by atoms with Gasteiger partial charge in [0.2, 0.25) is 0 Å². The fourth-order valence-corrected chi connectivity index (χ4v) is 5.86. The van der Waals surface area contributed by atoms with Crippen LogP contribution in [-0.4, -0.2) is 80.4 Å². The molecule has 4 nitrogen and oxygen atoms in total. The summed E-state index contributed by atoms with van der Waals surface area (Å²) in [5.41, 5.74) is 1.72. The predicted molar refractivity (Wildman–Crippen MR) is 118 cm³/mol. The molecule has 0 radical (unpaired) electrons. The van der Waals surface area contributed by atoms with Crippen LogP contribution in [0.4, 0.5) is 0 Å². The van der Waals surface area contributed by atoms with Gasteiger partial charge in [0.1, 0.15) is 5.75 Å². The Labute approximate surface area is 174 Å². The first-order valence-electron chi connectivity index (χ1n) is 11.2. The second-order valence-electron chi connectivity index (χ2n) is 8.56. The molecule has 0 aromatic heterocycles. The molecule has 1 aromatic rings. The maximum absolute atomic E-state index is 6.03. The zero-order valence-corrected chi connectivity index (χ0v) is 18.1. The largest absolute Gasteiger partial charge is 0.494 e. The Kier molecular flexibility index (Phi) is 7.57. The summed E-state index contributed by atoms with van der Waals surface area (Å²) < 4.78 is 11.7. The topological polar surface area (TPSA) is 24.9 Å². The summed E-state index contributed by atoms with van der Waals surface area (Å²) in [6, 6.07) is 9.02. The van der Waals surface area contributed by atoms with Gasteiger partial charge in [0.15, 0.2) is 0 Å². The minimum absolute atomic E-state index is 0.245. The first kappa shape index (κ1) is 20.5. The number of likely N-dealkylation sites (tertiary alicyclic amines) is 1. The van der Waals surface area contributed by atoms with Gasteiger partial charge in [-0.1, -0.05) is 12.1 Å². The van der Waals surface area contributed by atoms with Crippen LogP contribution in [0.2, 0.25) is 0 Å². The van der Waals surface area contributed by atoms with Crippen molar-refractivity contribution in [3.8, 4) is 5.75 Å². The van der Waals surface area contributed by atoms with Crippen molar-refractivity contribution in [3.63, 3.8) is 0 Å². The normalized spacial score (nSPS) is 23.7. The Morgan fingerprint density at radius 2 is 1.64 bits per heavy atom. The molecule has 28 heavy (non-hydrogen) atoms. The van der Waals surface area contributed by atoms with Crippen LogP contribution in [0.15, 0.2) is 24.3 Å². The molecule has 1 aromatic carbocycles. The zero-order valence-electron chi connectivity index (χ0n) is 17.2. The maximum atomic E-state index is 6.03. The van der Waals surface area contributed by atoms with E-state index < -0.39 is 0 Å². The van der Waals surface area contributed by atoms with Crippen LogP contribution in [0.25, 0.3) is 0 Å². The first-order valence-corrected chi connectivity index (χ1v) is 12.3. The lowest BCUT2D eigenvalue weighted by molar-refractivity contribution is 0.0352. The molecule has 0 atom stereocenters. The third-order valence-corrected chi connectivity index (χ3v) is 7.58. The van der Waals surface area contributed by atoms with Crippen molar-refractivity contribution in [2.75, 3.05) is 70.6 Å². The van der Waals surface area contributed by atoms with Crippen molar-refractivity contribution in [1.29, 1.82) is 0 Å². The number of hydrogen-bond acceptors (Lipinski definition) is 5. The molecular formula is C23H36N2O2S. The minimum atomic E-state index is 0.245. The van der Waals surface area contributed by atoms with E-state index in [9.17, 15) is 0 Å². The molecule has 3 heterocycles. The molecule has 0 saturated carbocycles. The second kappa shape index (κ2) is 10.3. The van der Waals surface area contributed by atoms with Gasteiger partial charge in [-0.15, -0.1) is 0 Å². The summed E-state index contributed by atoms with van der Waals surface area (Å²) in [5, 5.41) is 0. The summed E-state index contributed by atoms with van der Waals surface area (Å²) in [5.74, 6) is 3.56. The number of nitrogens with zero attached hydrogens (tertiary/aromatic N) is 2. The molecule has 3 fully saturated rings. The Bertz CT molecular complexity index is 577. The van der Waals surface area contributed by atoms with E-state index in [0.717, 1.165) is 44.8 Å². The van der Waals surface area contributed by atoms with Gasteiger partial charge in [-0.25, -0.2) is 0 Å². The highest BCUT2D eigenvalue weighted by Crippen LogP contribution is 2.37. The molecule has 4 rings (SSSR count). The average Bonchev–Trinajstić information content (AvgIpc) is 3.27. The predicted octanol–water partition coefficient (Wildman–Crippen LogP) is 3.65. The molecule has 0 amide bonds. The van der Waals surface area contributed by atoms with Crippen LogP contribution in [0.3, 0.4) is 0 Å². The number of rotatable bonds is 8. The van der Waals surface area contributed by atoms with Crippen molar-refractivity contribution in [1.82, 2.24) is 9.80 Å². The van der Waals surface area contributed by atoms with E-state index in [2.05, 4.69) is 45.8 Å². The summed E-state index contributed by atoms with van der Waals surface area (Å²) in [6.45, 7) is 9.95. The van der Waals surface area contributed by atoms with E-state index in [0.29, 0.717) is 0 Å². The van der Waals surface area contributed by atoms with E-state index in [1.807, 2.05) is 0 Å². The van der Waals surface area contributed by atoms with E-state index in [1.54, 1.807) is 0 Å². The molecule has 0 spiro atoms. The van der Waals surface area contributed by atoms with Crippen molar-refractivity contribution in [2.45, 2.75) is 37.5 Å². The Balaban J connectivity index is 1.32. The van der Waals surface area contributed by atoms with Gasteiger partial charge in [-0.2, -0.15) is 11.8 Å². The Morgan fingerprint density at radius 3 is 2.36 bits per heavy atom. The van der Waals surface area contributed by atoms with Gasteiger partial charge in [-0.3, -0.25) is 0 Å². The van der Waals surface area contributed by atoms with Gasteiger partial charge in [-0.05, 0) is 62.9 Å². The molecule has 3 aliphatic rings. The van der Waals surface area contributed by atoms with Crippen LogP contribution in [0.1, 0.15) is 37.7 Å². The lowest BCUT2D eigenvalue weighted by atomic mass is 9.73. The Hall–Kier alpha value is -0.750. The van der Waals surface area contributed by atoms with Gasteiger partial charge in [0.25, 0.3) is 0 Å². The molecule has 0 aliphatic carbocycles. The van der Waals surface area contributed by atoms with Crippen LogP contribution < -0.4 is 4.74 Å². The number of thioether (sulfide) groups is 1. The maximum Gasteiger partial charge on any atom is 0.119 e. The smallest absolute Gasteiger partial charge is 0.119 e. The van der Waals surface area contributed by atoms with Crippen molar-refractivity contribution in [2.24, 2.45) is 0 Å². The van der Waals surface area contributed by atoms with E-state index in [4.69, 9.17) is 9.47 Å². The Morgan fingerprint density at radius 1 is 0.929 bits per heavy atom. The molecule has 0 N–H and O–H groups in total. The van der Waals surface area contributed by atoms with Crippen LogP contribution in [0, 0.1) is 0 Å². The molecular weight excluding hydrogens is 368 g/mol. The highest BCUT2D eigenvalue weighted by Gasteiger charge is 2.36. The summed E-state index contributed by atoms with van der Waals surface area (Å²) in [6.07, 6.45) is 6.12. The quantitative estimate of drug-likeness (QED) is 0.616. The second-order valence-corrected chi connectivity index (χ2v) is 9.78. The van der Waals surface area contributed by atoms with E-state index in [1.165, 1.54) is 69.2 Å². The highest BCUT2D eigenvalue weighted by molar-refractivity contribution is 7.99. The fraction of sp³-hybridized carbons (Fsp3) is 0.739. The molecule has 0 bridgehead atoms. The number of benzene rings is 1.